The van der Waals surface area contributed by atoms with Crippen LogP contribution in [0.4, 0.5) is 0 Å². The molecule has 0 aliphatic carbocycles. The van der Waals surface area contributed by atoms with Crippen LogP contribution in [0.1, 0.15) is 37.8 Å². The summed E-state index contributed by atoms with van der Waals surface area (Å²) in [6.45, 7) is 5.57. The number of halogens is 1. The van der Waals surface area contributed by atoms with Gasteiger partial charge >= 0.3 is 0 Å². The Morgan fingerprint density at radius 3 is 2.70 bits per heavy atom. The van der Waals surface area contributed by atoms with E-state index in [-0.39, 0.29) is 5.56 Å². The van der Waals surface area contributed by atoms with Crippen molar-refractivity contribution in [2.75, 3.05) is 19.6 Å². The molecule has 0 amide bonds. The highest BCUT2D eigenvalue weighted by Gasteiger charge is 2.35. The lowest BCUT2D eigenvalue weighted by atomic mass is 9.83. The summed E-state index contributed by atoms with van der Waals surface area (Å²) in [5.74, 6) is 0.642. The molecule has 3 nitrogen and oxygen atoms in total. The molecule has 0 radical (unpaired) electrons. The lowest BCUT2D eigenvalue weighted by molar-refractivity contribution is 0.0555. The Morgan fingerprint density at radius 2 is 2.04 bits per heavy atom. The van der Waals surface area contributed by atoms with Crippen LogP contribution in [0.3, 0.4) is 0 Å². The number of piperidine rings is 3. The molecule has 0 spiro atoms. The monoisotopic (exact) mass is 330 g/mol. The van der Waals surface area contributed by atoms with Crippen LogP contribution in [0.5, 0.6) is 0 Å². The van der Waals surface area contributed by atoms with E-state index in [2.05, 4.69) is 18.0 Å². The highest BCUT2D eigenvalue weighted by atomic mass is 35.5. The molecule has 3 aliphatic heterocycles. The van der Waals surface area contributed by atoms with Crippen LogP contribution in [-0.4, -0.2) is 29.1 Å². The molecule has 1 unspecified atom stereocenters. The minimum atomic E-state index is 0.126. The number of aryl methyl sites for hydroxylation is 1. The molecule has 2 aromatic rings. The molecule has 3 saturated heterocycles. The Kier molecular flexibility index (Phi) is 3.94. The molecule has 0 saturated carbocycles. The Bertz CT molecular complexity index is 790. The van der Waals surface area contributed by atoms with Gasteiger partial charge in [-0.2, -0.15) is 0 Å². The summed E-state index contributed by atoms with van der Waals surface area (Å²) in [4.78, 5) is 15.6. The van der Waals surface area contributed by atoms with Crippen LogP contribution in [-0.2, 0) is 6.42 Å². The second kappa shape index (κ2) is 5.95. The minimum Gasteiger partial charge on any atom is -0.310 e. The summed E-state index contributed by atoms with van der Waals surface area (Å²) in [5.41, 5.74) is 1.34. The summed E-state index contributed by atoms with van der Waals surface area (Å²) in [7, 11) is 0. The van der Waals surface area contributed by atoms with E-state index in [9.17, 15) is 4.79 Å². The Balaban J connectivity index is 1.90. The van der Waals surface area contributed by atoms with Crippen LogP contribution in [0.2, 0.25) is 5.02 Å². The zero-order valence-corrected chi connectivity index (χ0v) is 14.4. The molecule has 23 heavy (non-hydrogen) atoms. The van der Waals surface area contributed by atoms with Gasteiger partial charge in [-0.1, -0.05) is 31.0 Å². The number of aromatic nitrogens is 1. The number of hydrogen-bond acceptors (Lipinski definition) is 2. The van der Waals surface area contributed by atoms with Gasteiger partial charge in [0.15, 0.2) is 0 Å². The van der Waals surface area contributed by atoms with E-state index in [1.807, 2.05) is 22.8 Å². The normalized spacial score (nSPS) is 26.8. The molecule has 3 aliphatic rings. The SMILES string of the molecule is CCCc1cn(C2CN3CCC2CC3)c(=O)c2cccc(Cl)c12. The van der Waals surface area contributed by atoms with Crippen LogP contribution < -0.4 is 5.56 Å². The molecular weight excluding hydrogens is 308 g/mol. The third-order valence-electron chi connectivity index (χ3n) is 5.59. The molecule has 122 valence electrons. The summed E-state index contributed by atoms with van der Waals surface area (Å²) < 4.78 is 2.03. The first kappa shape index (κ1) is 15.2. The maximum absolute atomic E-state index is 13.1. The van der Waals surface area contributed by atoms with E-state index in [1.54, 1.807) is 0 Å². The lowest BCUT2D eigenvalue weighted by Gasteiger charge is -2.45. The summed E-state index contributed by atoms with van der Waals surface area (Å²) in [6.07, 6.45) is 6.55. The van der Waals surface area contributed by atoms with Crippen molar-refractivity contribution in [3.05, 3.63) is 45.3 Å². The zero-order chi connectivity index (χ0) is 16.0. The lowest BCUT2D eigenvalue weighted by Crippen LogP contribution is -2.50. The van der Waals surface area contributed by atoms with Crippen LogP contribution in [0.15, 0.2) is 29.2 Å². The van der Waals surface area contributed by atoms with E-state index >= 15 is 0 Å². The summed E-state index contributed by atoms with van der Waals surface area (Å²) in [5, 5.41) is 2.43. The van der Waals surface area contributed by atoms with Gasteiger partial charge in [-0.25, -0.2) is 0 Å². The van der Waals surface area contributed by atoms with Crippen molar-refractivity contribution in [2.45, 2.75) is 38.6 Å². The smallest absolute Gasteiger partial charge is 0.258 e. The molecule has 0 N–H and O–H groups in total. The summed E-state index contributed by atoms with van der Waals surface area (Å²) >= 11 is 6.41. The highest BCUT2D eigenvalue weighted by molar-refractivity contribution is 6.35. The van der Waals surface area contributed by atoms with Gasteiger partial charge in [0.2, 0.25) is 0 Å². The maximum Gasteiger partial charge on any atom is 0.258 e. The number of fused-ring (bicyclic) bond motifs is 4. The van der Waals surface area contributed by atoms with Gasteiger partial charge in [0, 0.05) is 28.5 Å². The minimum absolute atomic E-state index is 0.126. The standard InChI is InChI=1S/C19H23ClN2O/c1-2-4-14-11-22(17-12-21-9-7-13(17)8-10-21)19(23)15-5-3-6-16(20)18(14)15/h3,5-6,11,13,17H,2,4,7-10,12H2,1H3. The fourth-order valence-corrected chi connectivity index (χ4v) is 4.71. The van der Waals surface area contributed by atoms with Crippen molar-refractivity contribution in [3.8, 4) is 0 Å². The molecule has 1 atom stereocenters. The second-order valence-corrected chi connectivity index (χ2v) is 7.39. The van der Waals surface area contributed by atoms with Crippen molar-refractivity contribution in [2.24, 2.45) is 5.92 Å². The van der Waals surface area contributed by atoms with Gasteiger partial charge in [-0.15, -0.1) is 0 Å². The first-order valence-corrected chi connectivity index (χ1v) is 9.11. The quantitative estimate of drug-likeness (QED) is 0.853. The first-order chi connectivity index (χ1) is 11.2. The fourth-order valence-electron chi connectivity index (χ4n) is 4.41. The largest absolute Gasteiger partial charge is 0.310 e. The molecule has 5 rings (SSSR count). The third kappa shape index (κ3) is 2.50. The Morgan fingerprint density at radius 1 is 1.26 bits per heavy atom. The number of rotatable bonds is 3. The number of benzene rings is 1. The predicted molar refractivity (Wildman–Crippen MR) is 95.4 cm³/mol. The van der Waals surface area contributed by atoms with E-state index in [0.717, 1.165) is 30.2 Å². The third-order valence-corrected chi connectivity index (χ3v) is 5.91. The molecule has 1 aromatic carbocycles. The van der Waals surface area contributed by atoms with Crippen LogP contribution >= 0.6 is 11.6 Å². The van der Waals surface area contributed by atoms with Gasteiger partial charge in [-0.05, 0) is 56.0 Å². The number of hydrogen-bond donors (Lipinski definition) is 0. The molecule has 3 fully saturated rings. The van der Waals surface area contributed by atoms with Gasteiger partial charge in [0.25, 0.3) is 5.56 Å². The average Bonchev–Trinajstić information content (AvgIpc) is 2.58. The second-order valence-electron chi connectivity index (χ2n) is 6.98. The Hall–Kier alpha value is -1.32. The zero-order valence-electron chi connectivity index (χ0n) is 13.6. The van der Waals surface area contributed by atoms with Gasteiger partial charge < -0.3 is 9.47 Å². The molecule has 2 bridgehead atoms. The predicted octanol–water partition coefficient (Wildman–Crippen LogP) is 3.87. The number of pyridine rings is 1. The maximum atomic E-state index is 13.1. The van der Waals surface area contributed by atoms with Crippen molar-refractivity contribution in [1.29, 1.82) is 0 Å². The van der Waals surface area contributed by atoms with Gasteiger partial charge in [0.1, 0.15) is 0 Å². The van der Waals surface area contributed by atoms with Crippen LogP contribution in [0.25, 0.3) is 10.8 Å². The molecule has 4 heterocycles. The van der Waals surface area contributed by atoms with Crippen LogP contribution in [0, 0.1) is 5.92 Å². The topological polar surface area (TPSA) is 25.2 Å². The molecular formula is C19H23ClN2O. The summed E-state index contributed by atoms with van der Waals surface area (Å²) in [6, 6.07) is 6.04. The van der Waals surface area contributed by atoms with Gasteiger partial charge in [-0.3, -0.25) is 4.79 Å². The van der Waals surface area contributed by atoms with Crippen molar-refractivity contribution < 1.29 is 0 Å². The van der Waals surface area contributed by atoms with Crippen molar-refractivity contribution in [3.63, 3.8) is 0 Å². The van der Waals surface area contributed by atoms with E-state index in [1.165, 1.54) is 31.5 Å². The van der Waals surface area contributed by atoms with Crippen molar-refractivity contribution >= 4 is 22.4 Å². The highest BCUT2D eigenvalue weighted by Crippen LogP contribution is 2.36. The van der Waals surface area contributed by atoms with E-state index in [4.69, 9.17) is 11.6 Å². The fraction of sp³-hybridized carbons (Fsp3) is 0.526. The van der Waals surface area contributed by atoms with E-state index in [0.29, 0.717) is 17.0 Å². The number of nitrogens with zero attached hydrogens (tertiary/aromatic N) is 2. The van der Waals surface area contributed by atoms with Crippen molar-refractivity contribution in [1.82, 2.24) is 9.47 Å². The first-order valence-electron chi connectivity index (χ1n) is 8.73. The molecule has 1 aromatic heterocycles. The average molecular weight is 331 g/mol. The Labute approximate surface area is 141 Å². The van der Waals surface area contributed by atoms with E-state index < -0.39 is 0 Å². The van der Waals surface area contributed by atoms with Gasteiger partial charge in [0.05, 0.1) is 6.04 Å². The molecule has 4 heteroatoms.